The molecule has 0 heterocycles. The van der Waals surface area contributed by atoms with Crippen LogP contribution in [0.2, 0.25) is 0 Å². The van der Waals surface area contributed by atoms with Crippen molar-refractivity contribution in [3.63, 3.8) is 0 Å². The Bertz CT molecular complexity index is 1040. The number of Topliss-reactive ketones (excluding diaryl/α,β-unsaturated/α-hetero) is 2. The van der Waals surface area contributed by atoms with Gasteiger partial charge in [-0.15, -0.1) is 0 Å². The van der Waals surface area contributed by atoms with Crippen LogP contribution >= 0.6 is 0 Å². The van der Waals surface area contributed by atoms with Crippen molar-refractivity contribution < 1.29 is 19.4 Å². The summed E-state index contributed by atoms with van der Waals surface area (Å²) in [5, 5.41) is 10.4. The van der Waals surface area contributed by atoms with Crippen LogP contribution in [-0.4, -0.2) is 23.8 Å². The molecule has 0 aromatic heterocycles. The molecule has 4 nitrogen and oxygen atoms in total. The standard InChI is InChI=1S/C26H26O4/c1-26(2,3)19-13-9-17(10-14-19)24(28)23(21-7-5-6-8-22(21)27)25(29)18-11-15-20(30-4)16-12-18/h5-16,23,27H,1-4H3. The monoisotopic (exact) mass is 402 g/mol. The molecule has 1 atom stereocenters. The van der Waals surface area contributed by atoms with Crippen molar-refractivity contribution in [1.29, 1.82) is 0 Å². The maximum absolute atomic E-state index is 13.4. The number of phenolic OH excluding ortho intramolecular Hbond substituents is 1. The van der Waals surface area contributed by atoms with E-state index in [0.29, 0.717) is 22.4 Å². The molecule has 3 rings (SSSR count). The van der Waals surface area contributed by atoms with Gasteiger partial charge in [0.1, 0.15) is 17.4 Å². The SMILES string of the molecule is COc1ccc(C(=O)C(C(=O)c2ccc(C(C)(C)C)cc2)c2ccccc2O)cc1. The van der Waals surface area contributed by atoms with E-state index in [0.717, 1.165) is 5.56 Å². The van der Waals surface area contributed by atoms with Crippen molar-refractivity contribution in [1.82, 2.24) is 0 Å². The Morgan fingerprint density at radius 2 is 1.30 bits per heavy atom. The molecule has 0 aliphatic rings. The number of carbonyl (C=O) groups is 2. The minimum Gasteiger partial charge on any atom is -0.508 e. The van der Waals surface area contributed by atoms with Gasteiger partial charge in [0.2, 0.25) is 0 Å². The summed E-state index contributed by atoms with van der Waals surface area (Å²) in [5.74, 6) is -1.32. The lowest BCUT2D eigenvalue weighted by Crippen LogP contribution is -2.23. The van der Waals surface area contributed by atoms with E-state index in [1.54, 1.807) is 61.7 Å². The van der Waals surface area contributed by atoms with Crippen LogP contribution in [0.4, 0.5) is 0 Å². The van der Waals surface area contributed by atoms with E-state index in [1.165, 1.54) is 6.07 Å². The first-order valence-electron chi connectivity index (χ1n) is 9.83. The van der Waals surface area contributed by atoms with E-state index >= 15 is 0 Å². The zero-order valence-corrected chi connectivity index (χ0v) is 17.7. The first-order valence-corrected chi connectivity index (χ1v) is 9.83. The lowest BCUT2D eigenvalue weighted by Gasteiger charge is -2.20. The molecule has 30 heavy (non-hydrogen) atoms. The maximum Gasteiger partial charge on any atom is 0.178 e. The van der Waals surface area contributed by atoms with Gasteiger partial charge in [0.25, 0.3) is 0 Å². The van der Waals surface area contributed by atoms with Gasteiger partial charge >= 0.3 is 0 Å². The molecule has 0 fully saturated rings. The van der Waals surface area contributed by atoms with Crippen LogP contribution in [0.25, 0.3) is 0 Å². The minimum absolute atomic E-state index is 0.0441. The predicted octanol–water partition coefficient (Wildman–Crippen LogP) is 5.55. The Morgan fingerprint density at radius 3 is 1.77 bits per heavy atom. The van der Waals surface area contributed by atoms with Crippen molar-refractivity contribution in [2.45, 2.75) is 32.1 Å². The Balaban J connectivity index is 2.04. The lowest BCUT2D eigenvalue weighted by atomic mass is 9.82. The van der Waals surface area contributed by atoms with Gasteiger partial charge in [-0.2, -0.15) is 0 Å². The molecule has 0 spiro atoms. The summed E-state index contributed by atoms with van der Waals surface area (Å²) in [7, 11) is 1.55. The molecule has 0 saturated heterocycles. The average Bonchev–Trinajstić information content (AvgIpc) is 2.74. The highest BCUT2D eigenvalue weighted by Crippen LogP contribution is 2.32. The van der Waals surface area contributed by atoms with Gasteiger partial charge < -0.3 is 9.84 Å². The largest absolute Gasteiger partial charge is 0.508 e. The van der Waals surface area contributed by atoms with Crippen molar-refractivity contribution >= 4 is 11.6 Å². The molecule has 4 heteroatoms. The Kier molecular flexibility index (Phi) is 6.06. The summed E-state index contributed by atoms with van der Waals surface area (Å²) < 4.78 is 5.15. The molecule has 3 aromatic carbocycles. The zero-order chi connectivity index (χ0) is 21.9. The van der Waals surface area contributed by atoms with Crippen LogP contribution < -0.4 is 4.74 Å². The van der Waals surface area contributed by atoms with Crippen molar-refractivity contribution in [3.05, 3.63) is 95.1 Å². The summed E-state index contributed by atoms with van der Waals surface area (Å²) >= 11 is 0. The van der Waals surface area contributed by atoms with E-state index in [-0.39, 0.29) is 22.7 Å². The number of carbonyl (C=O) groups excluding carboxylic acids is 2. The number of ketones is 2. The average molecular weight is 402 g/mol. The van der Waals surface area contributed by atoms with Gasteiger partial charge in [-0.1, -0.05) is 63.2 Å². The van der Waals surface area contributed by atoms with Crippen LogP contribution in [0, 0.1) is 0 Å². The van der Waals surface area contributed by atoms with Gasteiger partial charge in [-0.05, 0) is 41.3 Å². The van der Waals surface area contributed by atoms with Crippen molar-refractivity contribution in [2.75, 3.05) is 7.11 Å². The number of aromatic hydroxyl groups is 1. The second-order valence-electron chi connectivity index (χ2n) is 8.28. The van der Waals surface area contributed by atoms with Gasteiger partial charge in [-0.25, -0.2) is 0 Å². The van der Waals surface area contributed by atoms with Gasteiger partial charge in [0, 0.05) is 16.7 Å². The van der Waals surface area contributed by atoms with Gasteiger partial charge in [-0.3, -0.25) is 9.59 Å². The molecule has 0 radical (unpaired) electrons. The fraction of sp³-hybridized carbons (Fsp3) is 0.231. The summed E-state index contributed by atoms with van der Waals surface area (Å²) in [5.41, 5.74) is 2.15. The molecule has 0 amide bonds. The Hall–Kier alpha value is -3.40. The first kappa shape index (κ1) is 21.3. The van der Waals surface area contributed by atoms with Crippen LogP contribution in [0.1, 0.15) is 58.5 Å². The molecular weight excluding hydrogens is 376 g/mol. The van der Waals surface area contributed by atoms with Crippen LogP contribution in [0.15, 0.2) is 72.8 Å². The Morgan fingerprint density at radius 1 is 0.800 bits per heavy atom. The number of phenols is 1. The van der Waals surface area contributed by atoms with Crippen LogP contribution in [-0.2, 0) is 5.41 Å². The third-order valence-corrected chi connectivity index (χ3v) is 5.18. The molecule has 0 bridgehead atoms. The molecule has 0 saturated carbocycles. The number of methoxy groups -OCH3 is 1. The molecule has 0 aliphatic carbocycles. The van der Waals surface area contributed by atoms with E-state index < -0.39 is 5.92 Å². The highest BCUT2D eigenvalue weighted by molar-refractivity contribution is 6.20. The number of hydrogen-bond acceptors (Lipinski definition) is 4. The van der Waals surface area contributed by atoms with E-state index in [2.05, 4.69) is 20.8 Å². The molecular formula is C26H26O4. The molecule has 154 valence electrons. The number of hydrogen-bond donors (Lipinski definition) is 1. The maximum atomic E-state index is 13.4. The van der Waals surface area contributed by atoms with Crippen molar-refractivity contribution in [3.8, 4) is 11.5 Å². The number of ether oxygens (including phenoxy) is 1. The number of benzene rings is 3. The zero-order valence-electron chi connectivity index (χ0n) is 17.7. The summed E-state index contributed by atoms with van der Waals surface area (Å²) in [4.78, 5) is 26.8. The van der Waals surface area contributed by atoms with E-state index in [1.807, 2.05) is 12.1 Å². The second-order valence-corrected chi connectivity index (χ2v) is 8.28. The first-order chi connectivity index (χ1) is 14.2. The predicted molar refractivity (Wildman–Crippen MR) is 118 cm³/mol. The second kappa shape index (κ2) is 8.54. The fourth-order valence-electron chi connectivity index (χ4n) is 3.36. The third-order valence-electron chi connectivity index (χ3n) is 5.18. The topological polar surface area (TPSA) is 63.6 Å². The number of rotatable bonds is 6. The molecule has 0 aliphatic heterocycles. The molecule has 3 aromatic rings. The summed E-state index contributed by atoms with van der Waals surface area (Å²) in [6.45, 7) is 6.30. The van der Waals surface area contributed by atoms with Gasteiger partial charge in [0.15, 0.2) is 11.6 Å². The lowest BCUT2D eigenvalue weighted by molar-refractivity contribution is 0.0858. The fourth-order valence-corrected chi connectivity index (χ4v) is 3.36. The highest BCUT2D eigenvalue weighted by Gasteiger charge is 2.32. The molecule has 1 N–H and O–H groups in total. The highest BCUT2D eigenvalue weighted by atomic mass is 16.5. The molecule has 1 unspecified atom stereocenters. The third kappa shape index (κ3) is 4.43. The normalized spacial score (nSPS) is 12.3. The summed E-state index contributed by atoms with van der Waals surface area (Å²) in [6, 6.07) is 20.4. The van der Waals surface area contributed by atoms with Crippen LogP contribution in [0.5, 0.6) is 11.5 Å². The number of para-hydroxylation sites is 1. The Labute approximate surface area is 177 Å². The van der Waals surface area contributed by atoms with E-state index in [4.69, 9.17) is 4.74 Å². The summed E-state index contributed by atoms with van der Waals surface area (Å²) in [6.07, 6.45) is 0. The minimum atomic E-state index is -1.14. The van der Waals surface area contributed by atoms with E-state index in [9.17, 15) is 14.7 Å². The smallest absolute Gasteiger partial charge is 0.178 e. The van der Waals surface area contributed by atoms with Crippen LogP contribution in [0.3, 0.4) is 0 Å². The van der Waals surface area contributed by atoms with Gasteiger partial charge in [0.05, 0.1) is 7.11 Å². The van der Waals surface area contributed by atoms with Crippen molar-refractivity contribution in [2.24, 2.45) is 0 Å². The quantitative estimate of drug-likeness (QED) is 0.434.